The van der Waals surface area contributed by atoms with Gasteiger partial charge in [-0.2, -0.15) is 5.10 Å². The Morgan fingerprint density at radius 1 is 0.782 bits per heavy atom. The number of fused-ring (bicyclic) bond motifs is 2. The van der Waals surface area contributed by atoms with Crippen LogP contribution in [0.15, 0.2) is 109 Å². The molecule has 14 heteroatoms. The summed E-state index contributed by atoms with van der Waals surface area (Å²) in [5.41, 5.74) is 10.6. The third kappa shape index (κ3) is 6.98. The maximum absolute atomic E-state index is 15.2. The lowest BCUT2D eigenvalue weighted by Crippen LogP contribution is -2.27. The summed E-state index contributed by atoms with van der Waals surface area (Å²) in [6, 6.07) is 25.0. The fourth-order valence-electron chi connectivity index (χ4n) is 6.67. The van der Waals surface area contributed by atoms with Gasteiger partial charge in [-0.05, 0) is 97.1 Å². The smallest absolute Gasteiger partial charge is 0.261 e. The minimum atomic E-state index is -1.59. The van der Waals surface area contributed by atoms with Crippen molar-refractivity contribution in [1.82, 2.24) is 19.6 Å². The van der Waals surface area contributed by atoms with Gasteiger partial charge in [0.25, 0.3) is 11.8 Å². The lowest BCUT2D eigenvalue weighted by Gasteiger charge is -2.22. The number of aromatic nitrogens is 4. The summed E-state index contributed by atoms with van der Waals surface area (Å²) in [6.07, 6.45) is 6.15. The van der Waals surface area contributed by atoms with Crippen LogP contribution >= 0.6 is 0 Å². The zero-order valence-electron chi connectivity index (χ0n) is 28.8. The first-order chi connectivity index (χ1) is 26.6. The summed E-state index contributed by atoms with van der Waals surface area (Å²) in [6.45, 7) is 0. The van der Waals surface area contributed by atoms with Gasteiger partial charge < -0.3 is 21.7 Å². The molecule has 0 saturated heterocycles. The van der Waals surface area contributed by atoms with E-state index in [0.29, 0.717) is 28.5 Å². The number of carbonyl (C=O) groups excluding carboxylic acids is 2. The van der Waals surface area contributed by atoms with E-state index in [1.54, 1.807) is 47.2 Å². The summed E-state index contributed by atoms with van der Waals surface area (Å²) in [5, 5.41) is 12.7. The Kier molecular flexibility index (Phi) is 9.24. The molecule has 3 heterocycles. The molecule has 7 aromatic rings. The van der Waals surface area contributed by atoms with Crippen molar-refractivity contribution in [1.29, 1.82) is 0 Å². The molecular weight excluding hydrogens is 712 g/mol. The summed E-state index contributed by atoms with van der Waals surface area (Å²) < 4.78 is 60.1. The highest BCUT2D eigenvalue weighted by Gasteiger charge is 2.24. The molecule has 0 bridgehead atoms. The van der Waals surface area contributed by atoms with Gasteiger partial charge in [0.2, 0.25) is 5.95 Å². The van der Waals surface area contributed by atoms with Crippen molar-refractivity contribution in [3.05, 3.63) is 155 Å². The van der Waals surface area contributed by atoms with Crippen molar-refractivity contribution in [2.75, 3.05) is 16.0 Å². The van der Waals surface area contributed by atoms with Crippen molar-refractivity contribution >= 4 is 40.3 Å². The number of nitrogens with one attached hydrogen (secondary N) is 3. The van der Waals surface area contributed by atoms with Crippen LogP contribution in [0, 0.1) is 23.3 Å². The third-order valence-corrected chi connectivity index (χ3v) is 9.34. The molecule has 0 spiro atoms. The summed E-state index contributed by atoms with van der Waals surface area (Å²) >= 11 is 0. The highest BCUT2D eigenvalue weighted by molar-refractivity contribution is 6.07. The van der Waals surface area contributed by atoms with Gasteiger partial charge in [0.15, 0.2) is 11.6 Å². The molecule has 0 saturated carbocycles. The molecule has 10 nitrogen and oxygen atoms in total. The monoisotopic (exact) mass is 742 g/mol. The second-order valence-electron chi connectivity index (χ2n) is 13.0. The van der Waals surface area contributed by atoms with Gasteiger partial charge in [0.05, 0.1) is 28.0 Å². The van der Waals surface area contributed by atoms with Crippen LogP contribution in [0.25, 0.3) is 28.0 Å². The molecule has 5 N–H and O–H groups in total. The topological polar surface area (TPSA) is 139 Å². The number of nitrogens with zero attached hydrogens (tertiary/aromatic N) is 4. The molecule has 1 atom stereocenters. The molecular formula is C41H30F4N8O2. The molecule has 274 valence electrons. The molecule has 1 aliphatic rings. The first kappa shape index (κ1) is 35.1. The Hall–Kier alpha value is -6.93. The molecule has 8 rings (SSSR count). The second-order valence-corrected chi connectivity index (χ2v) is 13.0. The molecule has 1 aliphatic carbocycles. The fraction of sp³-hybridized carbons (Fsp3) is 0.0976. The van der Waals surface area contributed by atoms with Crippen LogP contribution in [0.4, 0.5) is 40.6 Å². The van der Waals surface area contributed by atoms with E-state index in [1.165, 1.54) is 11.1 Å². The molecule has 1 unspecified atom stereocenters. The van der Waals surface area contributed by atoms with E-state index in [2.05, 4.69) is 27.8 Å². The standard InChI is InChI=1S/C41H30F4N8O2/c42-29-7-4-8-30(43)34(29)40(55)50-32-15-14-28(36(44)37(32)45)39(54)48-26-6-3-5-23(20-26)38-35(33-9-1-2-18-53(33)52-38)31-16-17-47-41(51-31)49-27-13-11-22-10-12-25(46)19-24(22)21-27/h1-9,11,13-18,20-21,25H,10,12,19,46H2,(H,48,54)(H,50,55)(H,47,49,51). The van der Waals surface area contributed by atoms with Gasteiger partial charge in [0, 0.05) is 35.4 Å². The van der Waals surface area contributed by atoms with Crippen molar-refractivity contribution in [3.8, 4) is 22.5 Å². The lowest BCUT2D eigenvalue weighted by molar-refractivity contribution is 0.101. The average molecular weight is 743 g/mol. The number of hydrogen-bond donors (Lipinski definition) is 4. The summed E-state index contributed by atoms with van der Waals surface area (Å²) in [4.78, 5) is 35.0. The van der Waals surface area contributed by atoms with Crippen molar-refractivity contribution in [2.45, 2.75) is 25.3 Å². The number of benzene rings is 4. The maximum Gasteiger partial charge on any atom is 0.261 e. The molecule has 2 amide bonds. The molecule has 4 aromatic carbocycles. The third-order valence-electron chi connectivity index (χ3n) is 9.34. The SMILES string of the molecule is NC1CCc2ccc(Nc3nccc(-c4c(-c5cccc(NC(=O)c6ccc(NC(=O)c7c(F)cccc7F)c(F)c6F)c5)nn5ccccc45)n3)cc2C1. The Labute approximate surface area is 311 Å². The van der Waals surface area contributed by atoms with Crippen LogP contribution in [0.1, 0.15) is 38.3 Å². The number of aryl methyl sites for hydroxylation is 1. The number of nitrogens with two attached hydrogens (primary N) is 1. The van der Waals surface area contributed by atoms with Crippen LogP contribution in [0.3, 0.4) is 0 Å². The van der Waals surface area contributed by atoms with Crippen LogP contribution in [-0.4, -0.2) is 37.4 Å². The zero-order valence-corrected chi connectivity index (χ0v) is 28.8. The average Bonchev–Trinajstić information content (AvgIpc) is 3.57. The minimum absolute atomic E-state index is 0.128. The first-order valence-electron chi connectivity index (χ1n) is 17.2. The highest BCUT2D eigenvalue weighted by atomic mass is 19.2. The summed E-state index contributed by atoms with van der Waals surface area (Å²) in [5.74, 6) is -7.47. The minimum Gasteiger partial charge on any atom is -0.327 e. The van der Waals surface area contributed by atoms with E-state index < -0.39 is 51.9 Å². The molecule has 0 fully saturated rings. The highest BCUT2D eigenvalue weighted by Crippen LogP contribution is 2.36. The number of pyridine rings is 1. The van der Waals surface area contributed by atoms with E-state index in [1.807, 2.05) is 29.6 Å². The molecule has 0 aliphatic heterocycles. The van der Waals surface area contributed by atoms with Crippen LogP contribution in [0.2, 0.25) is 0 Å². The number of carbonyl (C=O) groups is 2. The van der Waals surface area contributed by atoms with Gasteiger partial charge in [-0.3, -0.25) is 9.59 Å². The van der Waals surface area contributed by atoms with Crippen molar-refractivity contribution < 1.29 is 27.2 Å². The van der Waals surface area contributed by atoms with Gasteiger partial charge in [-0.25, -0.2) is 32.0 Å². The molecule has 0 radical (unpaired) electrons. The Morgan fingerprint density at radius 3 is 2.44 bits per heavy atom. The fourth-order valence-corrected chi connectivity index (χ4v) is 6.67. The molecule has 55 heavy (non-hydrogen) atoms. The lowest BCUT2D eigenvalue weighted by atomic mass is 9.88. The number of hydrogen-bond acceptors (Lipinski definition) is 7. The van der Waals surface area contributed by atoms with Crippen LogP contribution in [-0.2, 0) is 12.8 Å². The van der Waals surface area contributed by atoms with Crippen LogP contribution in [0.5, 0.6) is 0 Å². The predicted octanol–water partition coefficient (Wildman–Crippen LogP) is 8.08. The van der Waals surface area contributed by atoms with E-state index in [4.69, 9.17) is 15.8 Å². The van der Waals surface area contributed by atoms with Crippen molar-refractivity contribution in [3.63, 3.8) is 0 Å². The van der Waals surface area contributed by atoms with Gasteiger partial charge in [-0.1, -0.05) is 30.3 Å². The van der Waals surface area contributed by atoms with E-state index in [0.717, 1.165) is 60.8 Å². The Balaban J connectivity index is 1.06. The predicted molar refractivity (Wildman–Crippen MR) is 200 cm³/mol. The Morgan fingerprint density at radius 2 is 1.60 bits per heavy atom. The summed E-state index contributed by atoms with van der Waals surface area (Å²) in [7, 11) is 0. The second kappa shape index (κ2) is 14.5. The van der Waals surface area contributed by atoms with Gasteiger partial charge >= 0.3 is 0 Å². The number of anilines is 4. The van der Waals surface area contributed by atoms with E-state index >= 15 is 8.78 Å². The van der Waals surface area contributed by atoms with E-state index in [9.17, 15) is 18.4 Å². The first-order valence-corrected chi connectivity index (χ1v) is 17.2. The number of rotatable bonds is 8. The number of halogens is 4. The number of amides is 2. The van der Waals surface area contributed by atoms with Crippen LogP contribution < -0.4 is 21.7 Å². The quantitative estimate of drug-likeness (QED) is 0.116. The maximum atomic E-state index is 15.2. The Bertz CT molecular complexity index is 2630. The van der Waals surface area contributed by atoms with E-state index in [-0.39, 0.29) is 11.7 Å². The molecule has 3 aromatic heterocycles. The largest absolute Gasteiger partial charge is 0.327 e. The normalized spacial score (nSPS) is 13.7. The zero-order chi connectivity index (χ0) is 38.2. The van der Waals surface area contributed by atoms with Gasteiger partial charge in [0.1, 0.15) is 22.9 Å². The van der Waals surface area contributed by atoms with Gasteiger partial charge in [-0.15, -0.1) is 0 Å². The van der Waals surface area contributed by atoms with Crippen molar-refractivity contribution in [2.24, 2.45) is 5.73 Å².